The van der Waals surface area contributed by atoms with E-state index in [2.05, 4.69) is 35.5 Å². The van der Waals surface area contributed by atoms with E-state index in [-0.39, 0.29) is 6.04 Å². The predicted octanol–water partition coefficient (Wildman–Crippen LogP) is 2.74. The Kier molecular flexibility index (Phi) is 3.82. The van der Waals surface area contributed by atoms with Gasteiger partial charge in [0.2, 0.25) is 0 Å². The van der Waals surface area contributed by atoms with Crippen LogP contribution in [0.15, 0.2) is 34.7 Å². The summed E-state index contributed by atoms with van der Waals surface area (Å²) < 4.78 is 6.02. The molecule has 3 nitrogen and oxygen atoms in total. The van der Waals surface area contributed by atoms with E-state index in [9.17, 15) is 0 Å². The highest BCUT2D eigenvalue weighted by Gasteiger charge is 2.30. The zero-order valence-corrected chi connectivity index (χ0v) is 12.2. The standard InChI is InChI=1S/C15H20N2OS/c1-16-15(12-10-19-8-7-17(12)2)14-9-11-5-3-4-6-13(11)18-14/h3-6,9,12,15-16H,7-8,10H2,1-2H3. The van der Waals surface area contributed by atoms with E-state index in [1.165, 1.54) is 11.1 Å². The molecule has 1 aliphatic rings. The number of likely N-dealkylation sites (N-methyl/N-ethyl adjacent to an activating group) is 2. The summed E-state index contributed by atoms with van der Waals surface area (Å²) in [6.45, 7) is 1.15. The average molecular weight is 276 g/mol. The number of nitrogens with one attached hydrogen (secondary N) is 1. The van der Waals surface area contributed by atoms with Crippen molar-refractivity contribution in [1.82, 2.24) is 10.2 Å². The number of nitrogens with zero attached hydrogens (tertiary/aromatic N) is 1. The number of thioether (sulfide) groups is 1. The fraction of sp³-hybridized carbons (Fsp3) is 0.467. The molecule has 102 valence electrons. The second-order valence-corrected chi connectivity index (χ2v) is 6.23. The number of rotatable bonds is 3. The van der Waals surface area contributed by atoms with Gasteiger partial charge in [0.1, 0.15) is 11.3 Å². The van der Waals surface area contributed by atoms with Crippen LogP contribution >= 0.6 is 11.8 Å². The molecule has 2 heterocycles. The molecule has 0 saturated carbocycles. The first-order chi connectivity index (χ1) is 9.29. The lowest BCUT2D eigenvalue weighted by molar-refractivity contribution is 0.207. The number of hydrogen-bond donors (Lipinski definition) is 1. The minimum atomic E-state index is 0.255. The van der Waals surface area contributed by atoms with Gasteiger partial charge < -0.3 is 9.73 Å². The van der Waals surface area contributed by atoms with Gasteiger partial charge in [-0.1, -0.05) is 18.2 Å². The highest BCUT2D eigenvalue weighted by atomic mass is 32.2. The molecule has 1 aromatic carbocycles. The van der Waals surface area contributed by atoms with Gasteiger partial charge in [0.15, 0.2) is 0 Å². The molecule has 2 aromatic rings. The molecule has 1 N–H and O–H groups in total. The lowest BCUT2D eigenvalue weighted by atomic mass is 10.1. The molecule has 3 rings (SSSR count). The predicted molar refractivity (Wildman–Crippen MR) is 81.8 cm³/mol. The van der Waals surface area contributed by atoms with Crippen molar-refractivity contribution in [2.24, 2.45) is 0 Å². The van der Waals surface area contributed by atoms with Crippen LogP contribution in [0.25, 0.3) is 11.0 Å². The van der Waals surface area contributed by atoms with E-state index in [4.69, 9.17) is 4.42 Å². The second kappa shape index (κ2) is 5.57. The number of hydrogen-bond acceptors (Lipinski definition) is 4. The smallest absolute Gasteiger partial charge is 0.134 e. The molecule has 4 heteroatoms. The lowest BCUT2D eigenvalue weighted by Crippen LogP contribution is -2.46. The molecule has 1 fully saturated rings. The monoisotopic (exact) mass is 276 g/mol. The van der Waals surface area contributed by atoms with E-state index >= 15 is 0 Å². The molecule has 0 spiro atoms. The van der Waals surface area contributed by atoms with E-state index in [1.54, 1.807) is 0 Å². The Hall–Kier alpha value is -0.970. The Morgan fingerprint density at radius 2 is 2.26 bits per heavy atom. The Morgan fingerprint density at radius 1 is 1.42 bits per heavy atom. The summed E-state index contributed by atoms with van der Waals surface area (Å²) in [4.78, 5) is 2.44. The van der Waals surface area contributed by atoms with Gasteiger partial charge in [-0.05, 0) is 26.2 Å². The van der Waals surface area contributed by atoms with E-state index in [0.717, 1.165) is 23.6 Å². The van der Waals surface area contributed by atoms with Crippen LogP contribution in [0.3, 0.4) is 0 Å². The summed E-state index contributed by atoms with van der Waals surface area (Å²) in [5.41, 5.74) is 0.976. The van der Waals surface area contributed by atoms with Crippen molar-refractivity contribution in [3.05, 3.63) is 36.1 Å². The molecule has 2 atom stereocenters. The van der Waals surface area contributed by atoms with E-state index < -0.39 is 0 Å². The van der Waals surface area contributed by atoms with Crippen molar-refractivity contribution in [3.8, 4) is 0 Å². The molecular formula is C15H20N2OS. The van der Waals surface area contributed by atoms with Gasteiger partial charge in [0.05, 0.1) is 6.04 Å². The Bertz CT molecular complexity index is 521. The molecular weight excluding hydrogens is 256 g/mol. The lowest BCUT2D eigenvalue weighted by Gasteiger charge is -2.36. The van der Waals surface area contributed by atoms with Crippen molar-refractivity contribution in [3.63, 3.8) is 0 Å². The summed E-state index contributed by atoms with van der Waals surface area (Å²) in [6.07, 6.45) is 0. The van der Waals surface area contributed by atoms with Gasteiger partial charge >= 0.3 is 0 Å². The van der Waals surface area contributed by atoms with Crippen molar-refractivity contribution < 1.29 is 4.42 Å². The van der Waals surface area contributed by atoms with Crippen molar-refractivity contribution in [2.45, 2.75) is 12.1 Å². The van der Waals surface area contributed by atoms with Crippen LogP contribution in [-0.4, -0.2) is 43.1 Å². The zero-order chi connectivity index (χ0) is 13.2. The second-order valence-electron chi connectivity index (χ2n) is 5.08. The van der Waals surface area contributed by atoms with Gasteiger partial charge in [-0.3, -0.25) is 4.90 Å². The molecule has 0 bridgehead atoms. The third-order valence-corrected chi connectivity index (χ3v) is 4.94. The van der Waals surface area contributed by atoms with Gasteiger partial charge in [-0.25, -0.2) is 0 Å². The largest absolute Gasteiger partial charge is 0.459 e. The molecule has 0 radical (unpaired) electrons. The van der Waals surface area contributed by atoms with Gasteiger partial charge in [-0.2, -0.15) is 11.8 Å². The van der Waals surface area contributed by atoms with Crippen LogP contribution in [0.2, 0.25) is 0 Å². The van der Waals surface area contributed by atoms with Crippen LogP contribution in [0.5, 0.6) is 0 Å². The number of benzene rings is 1. The SMILES string of the molecule is CNC(c1cc2ccccc2o1)C1CSCCN1C. The Balaban J connectivity index is 1.92. The highest BCUT2D eigenvalue weighted by molar-refractivity contribution is 7.99. The van der Waals surface area contributed by atoms with Crippen molar-refractivity contribution in [1.29, 1.82) is 0 Å². The summed E-state index contributed by atoms with van der Waals surface area (Å²) in [5, 5.41) is 4.61. The molecule has 0 aliphatic carbocycles. The summed E-state index contributed by atoms with van der Waals surface area (Å²) in [5.74, 6) is 3.42. The third kappa shape index (κ3) is 2.53. The quantitative estimate of drug-likeness (QED) is 0.933. The molecule has 1 aliphatic heterocycles. The van der Waals surface area contributed by atoms with Crippen LogP contribution in [-0.2, 0) is 0 Å². The normalized spacial score (nSPS) is 22.7. The van der Waals surface area contributed by atoms with Crippen LogP contribution in [0.1, 0.15) is 11.8 Å². The number of fused-ring (bicyclic) bond motifs is 1. The average Bonchev–Trinajstić information content (AvgIpc) is 2.85. The maximum Gasteiger partial charge on any atom is 0.134 e. The maximum absolute atomic E-state index is 6.02. The van der Waals surface area contributed by atoms with Crippen LogP contribution in [0, 0.1) is 0 Å². The third-order valence-electron chi connectivity index (χ3n) is 3.89. The maximum atomic E-state index is 6.02. The fourth-order valence-electron chi connectivity index (χ4n) is 2.74. The van der Waals surface area contributed by atoms with Crippen LogP contribution < -0.4 is 5.32 Å². The molecule has 1 saturated heterocycles. The van der Waals surface area contributed by atoms with E-state index in [1.807, 2.05) is 30.9 Å². The minimum Gasteiger partial charge on any atom is -0.459 e. The van der Waals surface area contributed by atoms with Gasteiger partial charge in [0, 0.05) is 29.5 Å². The molecule has 0 amide bonds. The van der Waals surface area contributed by atoms with Crippen LogP contribution in [0.4, 0.5) is 0 Å². The highest BCUT2D eigenvalue weighted by Crippen LogP contribution is 2.30. The minimum absolute atomic E-state index is 0.255. The summed E-state index contributed by atoms with van der Waals surface area (Å²) in [6, 6.07) is 11.1. The van der Waals surface area contributed by atoms with Gasteiger partial charge in [0.25, 0.3) is 0 Å². The molecule has 19 heavy (non-hydrogen) atoms. The Labute approximate surface area is 118 Å². The van der Waals surface area contributed by atoms with Crippen molar-refractivity contribution in [2.75, 3.05) is 32.1 Å². The molecule has 1 aromatic heterocycles. The first-order valence-corrected chi connectivity index (χ1v) is 7.89. The summed E-state index contributed by atoms with van der Waals surface area (Å²) >= 11 is 2.03. The van der Waals surface area contributed by atoms with Crippen molar-refractivity contribution >= 4 is 22.7 Å². The topological polar surface area (TPSA) is 28.4 Å². The Morgan fingerprint density at radius 3 is 3.00 bits per heavy atom. The summed E-state index contributed by atoms with van der Waals surface area (Å²) in [7, 11) is 4.22. The molecule has 2 unspecified atom stereocenters. The first-order valence-electron chi connectivity index (χ1n) is 6.73. The zero-order valence-electron chi connectivity index (χ0n) is 11.4. The number of para-hydroxylation sites is 1. The van der Waals surface area contributed by atoms with E-state index in [0.29, 0.717) is 6.04 Å². The fourth-order valence-corrected chi connectivity index (χ4v) is 4.01. The van der Waals surface area contributed by atoms with Gasteiger partial charge in [-0.15, -0.1) is 0 Å². The first kappa shape index (κ1) is 13.0. The number of furan rings is 1.